The van der Waals surface area contributed by atoms with E-state index in [1.165, 1.54) is 11.9 Å². The van der Waals surface area contributed by atoms with Crippen LogP contribution >= 0.6 is 0 Å². The molecule has 25 heavy (non-hydrogen) atoms. The molecule has 0 radical (unpaired) electrons. The van der Waals surface area contributed by atoms with Gasteiger partial charge in [0.15, 0.2) is 5.65 Å². The van der Waals surface area contributed by atoms with Gasteiger partial charge in [0.2, 0.25) is 0 Å². The highest BCUT2D eigenvalue weighted by atomic mass is 16.3. The lowest BCUT2D eigenvalue weighted by Crippen LogP contribution is -2.21. The number of hydrogen-bond donors (Lipinski definition) is 2. The van der Waals surface area contributed by atoms with Gasteiger partial charge >= 0.3 is 0 Å². The lowest BCUT2D eigenvalue weighted by Gasteiger charge is -2.15. The van der Waals surface area contributed by atoms with Gasteiger partial charge in [-0.1, -0.05) is 24.3 Å². The Labute approximate surface area is 144 Å². The Morgan fingerprint density at radius 2 is 2.04 bits per heavy atom. The lowest BCUT2D eigenvalue weighted by molar-refractivity contribution is 0.100. The molecule has 1 saturated heterocycles. The number of pyridine rings is 1. The standard InChI is InChI=1S/C18H19N5O2/c19-17(25)15-5-6-16(23-18(15)20-11-21-23)13-3-1-12(2-4-13)9-22-8-7-14(24)10-22/h1-6,11,14,24H,7-10H2,(H2,19,25)/t14-/m1/s1. The third kappa shape index (κ3) is 2.99. The van der Waals surface area contributed by atoms with Crippen molar-refractivity contribution in [1.29, 1.82) is 0 Å². The monoisotopic (exact) mass is 337 g/mol. The zero-order valence-electron chi connectivity index (χ0n) is 13.7. The average molecular weight is 337 g/mol. The maximum atomic E-state index is 11.5. The number of benzene rings is 1. The number of aromatic nitrogens is 3. The van der Waals surface area contributed by atoms with E-state index in [-0.39, 0.29) is 6.10 Å². The summed E-state index contributed by atoms with van der Waals surface area (Å²) < 4.78 is 1.63. The molecule has 128 valence electrons. The molecule has 3 N–H and O–H groups in total. The van der Waals surface area contributed by atoms with Crippen molar-refractivity contribution < 1.29 is 9.90 Å². The normalized spacial score (nSPS) is 18.0. The van der Waals surface area contributed by atoms with Crippen LogP contribution in [0.3, 0.4) is 0 Å². The highest BCUT2D eigenvalue weighted by Crippen LogP contribution is 2.23. The Hall–Kier alpha value is -2.77. The molecule has 7 nitrogen and oxygen atoms in total. The molecule has 2 aromatic heterocycles. The quantitative estimate of drug-likeness (QED) is 0.742. The molecule has 4 rings (SSSR count). The van der Waals surface area contributed by atoms with Gasteiger partial charge in [-0.25, -0.2) is 9.50 Å². The number of likely N-dealkylation sites (tertiary alicyclic amines) is 1. The van der Waals surface area contributed by atoms with Crippen LogP contribution in [0.2, 0.25) is 0 Å². The van der Waals surface area contributed by atoms with Gasteiger partial charge in [-0.05, 0) is 24.1 Å². The van der Waals surface area contributed by atoms with Gasteiger partial charge in [-0.15, -0.1) is 0 Å². The zero-order chi connectivity index (χ0) is 17.4. The number of primary amides is 1. The van der Waals surface area contributed by atoms with Gasteiger partial charge in [0.05, 0.1) is 17.4 Å². The number of carbonyl (C=O) groups is 1. The van der Waals surface area contributed by atoms with E-state index in [1.54, 1.807) is 10.6 Å². The van der Waals surface area contributed by atoms with Crippen molar-refractivity contribution in [3.63, 3.8) is 0 Å². The predicted octanol–water partition coefficient (Wildman–Crippen LogP) is 1.06. The third-order valence-electron chi connectivity index (χ3n) is 4.59. The van der Waals surface area contributed by atoms with Crippen molar-refractivity contribution in [2.45, 2.75) is 19.1 Å². The van der Waals surface area contributed by atoms with Crippen LogP contribution < -0.4 is 5.73 Å². The number of fused-ring (bicyclic) bond motifs is 1. The van der Waals surface area contributed by atoms with Gasteiger partial charge in [0.1, 0.15) is 6.33 Å². The van der Waals surface area contributed by atoms with Gasteiger partial charge < -0.3 is 10.8 Å². The van der Waals surface area contributed by atoms with E-state index >= 15 is 0 Å². The summed E-state index contributed by atoms with van der Waals surface area (Å²) in [5, 5.41) is 13.8. The van der Waals surface area contributed by atoms with Crippen molar-refractivity contribution in [2.75, 3.05) is 13.1 Å². The number of amides is 1. The fourth-order valence-corrected chi connectivity index (χ4v) is 3.31. The molecule has 1 amide bonds. The van der Waals surface area contributed by atoms with E-state index in [2.05, 4.69) is 27.1 Å². The van der Waals surface area contributed by atoms with Crippen LogP contribution in [0, 0.1) is 0 Å². The first-order chi connectivity index (χ1) is 12.1. The van der Waals surface area contributed by atoms with Crippen molar-refractivity contribution in [2.24, 2.45) is 5.73 Å². The molecular weight excluding hydrogens is 318 g/mol. The molecule has 3 heterocycles. The summed E-state index contributed by atoms with van der Waals surface area (Å²) in [6, 6.07) is 11.7. The first kappa shape index (κ1) is 15.7. The molecule has 1 atom stereocenters. The molecule has 7 heteroatoms. The summed E-state index contributed by atoms with van der Waals surface area (Å²) in [6.45, 7) is 2.49. The molecular formula is C18H19N5O2. The maximum absolute atomic E-state index is 11.5. The second kappa shape index (κ2) is 6.27. The number of aliphatic hydroxyl groups is 1. The van der Waals surface area contributed by atoms with E-state index in [9.17, 15) is 9.90 Å². The summed E-state index contributed by atoms with van der Waals surface area (Å²) in [7, 11) is 0. The van der Waals surface area contributed by atoms with Crippen LogP contribution in [-0.4, -0.2) is 49.7 Å². The first-order valence-corrected chi connectivity index (χ1v) is 8.24. The fourth-order valence-electron chi connectivity index (χ4n) is 3.31. The SMILES string of the molecule is NC(=O)c1ccc(-c2ccc(CN3CC[C@@H](O)C3)cc2)n2ncnc12. The van der Waals surface area contributed by atoms with Crippen molar-refractivity contribution in [3.05, 3.63) is 53.9 Å². The Bertz CT molecular complexity index is 919. The minimum absolute atomic E-state index is 0.205. The number of nitrogens with zero attached hydrogens (tertiary/aromatic N) is 4. The molecule has 1 aliphatic heterocycles. The number of aliphatic hydroxyl groups excluding tert-OH is 1. The highest BCUT2D eigenvalue weighted by molar-refractivity contribution is 5.99. The van der Waals surface area contributed by atoms with Crippen LogP contribution in [0.1, 0.15) is 22.3 Å². The summed E-state index contributed by atoms with van der Waals surface area (Å²) in [6.07, 6.45) is 2.05. The van der Waals surface area contributed by atoms with Gasteiger partial charge in [-0.3, -0.25) is 9.69 Å². The lowest BCUT2D eigenvalue weighted by atomic mass is 10.1. The summed E-state index contributed by atoms with van der Waals surface area (Å²) in [4.78, 5) is 17.9. The maximum Gasteiger partial charge on any atom is 0.252 e. The smallest absolute Gasteiger partial charge is 0.252 e. The van der Waals surface area contributed by atoms with Crippen molar-refractivity contribution in [3.8, 4) is 11.3 Å². The Morgan fingerprint density at radius 3 is 2.72 bits per heavy atom. The molecule has 1 fully saturated rings. The molecule has 1 aliphatic rings. The number of rotatable bonds is 4. The highest BCUT2D eigenvalue weighted by Gasteiger charge is 2.20. The van der Waals surface area contributed by atoms with E-state index in [1.807, 2.05) is 18.2 Å². The van der Waals surface area contributed by atoms with E-state index in [0.717, 1.165) is 37.3 Å². The number of nitrogens with two attached hydrogens (primary N) is 1. The Morgan fingerprint density at radius 1 is 1.24 bits per heavy atom. The Balaban J connectivity index is 1.62. The molecule has 1 aromatic carbocycles. The first-order valence-electron chi connectivity index (χ1n) is 8.24. The number of hydrogen-bond acceptors (Lipinski definition) is 5. The van der Waals surface area contributed by atoms with Crippen molar-refractivity contribution >= 4 is 11.6 Å². The number of β-amino-alcohol motifs (C(OH)–C–C–N with tert-alkyl or cyclic N) is 1. The summed E-state index contributed by atoms with van der Waals surface area (Å²) >= 11 is 0. The molecule has 0 unspecified atom stereocenters. The van der Waals surface area contributed by atoms with Gasteiger partial charge in [-0.2, -0.15) is 5.10 Å². The van der Waals surface area contributed by atoms with Crippen LogP contribution in [0.4, 0.5) is 0 Å². The third-order valence-corrected chi connectivity index (χ3v) is 4.59. The van der Waals surface area contributed by atoms with Gasteiger partial charge in [0.25, 0.3) is 5.91 Å². The second-order valence-corrected chi connectivity index (χ2v) is 6.37. The van der Waals surface area contributed by atoms with E-state index in [0.29, 0.717) is 11.2 Å². The van der Waals surface area contributed by atoms with Crippen LogP contribution in [0.5, 0.6) is 0 Å². The topological polar surface area (TPSA) is 96.8 Å². The largest absolute Gasteiger partial charge is 0.392 e. The summed E-state index contributed by atoms with van der Waals surface area (Å²) in [5.74, 6) is -0.521. The number of carbonyl (C=O) groups excluding carboxylic acids is 1. The molecule has 0 spiro atoms. The predicted molar refractivity (Wildman–Crippen MR) is 92.8 cm³/mol. The molecule has 0 bridgehead atoms. The van der Waals surface area contributed by atoms with Crippen molar-refractivity contribution in [1.82, 2.24) is 19.5 Å². The minimum Gasteiger partial charge on any atom is -0.392 e. The second-order valence-electron chi connectivity index (χ2n) is 6.37. The fraction of sp³-hybridized carbons (Fsp3) is 0.278. The van der Waals surface area contributed by atoms with Crippen LogP contribution in [0.15, 0.2) is 42.7 Å². The average Bonchev–Trinajstić information content (AvgIpc) is 3.24. The van der Waals surface area contributed by atoms with E-state index < -0.39 is 5.91 Å². The van der Waals surface area contributed by atoms with Crippen LogP contribution in [0.25, 0.3) is 16.9 Å². The molecule has 0 aliphatic carbocycles. The van der Waals surface area contributed by atoms with E-state index in [4.69, 9.17) is 5.73 Å². The summed E-state index contributed by atoms with van der Waals surface area (Å²) in [5.41, 5.74) is 9.23. The molecule has 3 aromatic rings. The van der Waals surface area contributed by atoms with Crippen LogP contribution in [-0.2, 0) is 6.54 Å². The Kier molecular flexibility index (Phi) is 3.95. The van der Waals surface area contributed by atoms with Gasteiger partial charge in [0, 0.05) is 25.2 Å². The zero-order valence-corrected chi connectivity index (χ0v) is 13.7. The minimum atomic E-state index is -0.521. The molecule has 0 saturated carbocycles.